The zero-order valence-corrected chi connectivity index (χ0v) is 10.9. The predicted octanol–water partition coefficient (Wildman–Crippen LogP) is 1.95. The number of ether oxygens (including phenoxy) is 2. The second-order valence-corrected chi connectivity index (χ2v) is 5.98. The van der Waals surface area contributed by atoms with Crippen molar-refractivity contribution in [2.45, 2.75) is 33.3 Å². The van der Waals surface area contributed by atoms with E-state index in [0.717, 1.165) is 17.9 Å². The Morgan fingerprint density at radius 3 is 2.06 bits per heavy atom. The van der Waals surface area contributed by atoms with Crippen molar-refractivity contribution in [3.05, 3.63) is 0 Å². The van der Waals surface area contributed by atoms with Gasteiger partial charge in [-0.1, -0.05) is 20.8 Å². The molecule has 0 aromatic heterocycles. The Bertz CT molecular complexity index is 255. The van der Waals surface area contributed by atoms with Crippen molar-refractivity contribution in [1.82, 2.24) is 0 Å². The number of rotatable bonds is 1. The maximum atomic E-state index is 10.8. The topological polar surface area (TPSA) is 52.6 Å². The van der Waals surface area contributed by atoms with Crippen LogP contribution in [0.3, 0.4) is 0 Å². The van der Waals surface area contributed by atoms with E-state index in [-0.39, 0.29) is 6.10 Å². The highest BCUT2D eigenvalue weighted by Crippen LogP contribution is 2.20. The number of hydrogen-bond donors (Lipinski definition) is 0. The molecule has 0 aromatic carbocycles. The molecule has 0 saturated carbocycles. The zero-order valence-electron chi connectivity index (χ0n) is 10.1. The summed E-state index contributed by atoms with van der Waals surface area (Å²) in [5, 5.41) is 0. The molecule has 3 atom stereocenters. The van der Waals surface area contributed by atoms with Crippen molar-refractivity contribution in [3.63, 3.8) is 0 Å². The van der Waals surface area contributed by atoms with Gasteiger partial charge in [0.05, 0.1) is 0 Å². The fourth-order valence-corrected chi connectivity index (χ4v) is 3.52. The monoisotopic (exact) mass is 248 g/mol. The van der Waals surface area contributed by atoms with Gasteiger partial charge in [-0.2, -0.15) is 0 Å². The average Bonchev–Trinajstić information content (AvgIpc) is 2.75. The van der Waals surface area contributed by atoms with Crippen LogP contribution in [0.1, 0.15) is 27.2 Å². The molecule has 2 fully saturated rings. The molecule has 2 aliphatic heterocycles. The standard InChI is InChI=1S/C6H12OS.C5H8O3/c1-5-3-8(7)4-6(5)2;1-2-4-3-7-5(6)8-4/h5-6H,3-4H2,1-2H3;4H,2-3H2,1H3. The molecule has 0 N–H and O–H groups in total. The van der Waals surface area contributed by atoms with Crippen molar-refractivity contribution >= 4 is 17.0 Å². The summed E-state index contributed by atoms with van der Waals surface area (Å²) in [4.78, 5) is 10.2. The smallest absolute Gasteiger partial charge is 0.430 e. The van der Waals surface area contributed by atoms with Crippen LogP contribution in [0.25, 0.3) is 0 Å². The molecule has 5 heteroatoms. The van der Waals surface area contributed by atoms with Gasteiger partial charge in [-0.25, -0.2) is 4.79 Å². The van der Waals surface area contributed by atoms with Crippen molar-refractivity contribution in [2.24, 2.45) is 11.8 Å². The molecule has 94 valence electrons. The lowest BCUT2D eigenvalue weighted by Gasteiger charge is -2.02. The summed E-state index contributed by atoms with van der Waals surface area (Å²) < 4.78 is 19.9. The molecule has 0 aliphatic carbocycles. The van der Waals surface area contributed by atoms with Crippen molar-refractivity contribution in [3.8, 4) is 0 Å². The van der Waals surface area contributed by atoms with Crippen LogP contribution in [0, 0.1) is 11.8 Å². The van der Waals surface area contributed by atoms with Crippen LogP contribution in [0.4, 0.5) is 4.79 Å². The highest BCUT2D eigenvalue weighted by molar-refractivity contribution is 7.85. The van der Waals surface area contributed by atoms with Crippen LogP contribution in [0.2, 0.25) is 0 Å². The van der Waals surface area contributed by atoms with Gasteiger partial charge in [-0.05, 0) is 18.3 Å². The van der Waals surface area contributed by atoms with Gasteiger partial charge >= 0.3 is 6.16 Å². The zero-order chi connectivity index (χ0) is 12.1. The molecule has 2 rings (SSSR count). The van der Waals surface area contributed by atoms with E-state index in [9.17, 15) is 9.00 Å². The van der Waals surface area contributed by atoms with Gasteiger partial charge in [0.1, 0.15) is 12.7 Å². The van der Waals surface area contributed by atoms with Crippen molar-refractivity contribution in [1.29, 1.82) is 0 Å². The normalized spacial score (nSPS) is 37.3. The number of hydrogen-bond acceptors (Lipinski definition) is 4. The quantitative estimate of drug-likeness (QED) is 0.666. The van der Waals surface area contributed by atoms with Crippen molar-refractivity contribution < 1.29 is 18.5 Å². The molecular weight excluding hydrogens is 228 g/mol. The molecular formula is C11H20O4S. The van der Waals surface area contributed by atoms with Gasteiger partial charge in [-0.15, -0.1) is 0 Å². The third-order valence-corrected chi connectivity index (χ3v) is 4.77. The van der Waals surface area contributed by atoms with Crippen LogP contribution in [0.15, 0.2) is 0 Å². The fraction of sp³-hybridized carbons (Fsp3) is 0.909. The lowest BCUT2D eigenvalue weighted by atomic mass is 10.0. The van der Waals surface area contributed by atoms with E-state index < -0.39 is 17.0 Å². The second kappa shape index (κ2) is 6.23. The van der Waals surface area contributed by atoms with Crippen LogP contribution in [-0.2, 0) is 20.3 Å². The summed E-state index contributed by atoms with van der Waals surface area (Å²) in [6.45, 7) is 6.73. The minimum Gasteiger partial charge on any atom is -0.430 e. The summed E-state index contributed by atoms with van der Waals surface area (Å²) in [6, 6.07) is 0. The van der Waals surface area contributed by atoms with Crippen LogP contribution < -0.4 is 0 Å². The van der Waals surface area contributed by atoms with Gasteiger partial charge < -0.3 is 9.47 Å². The summed E-state index contributed by atoms with van der Waals surface area (Å²) in [5.74, 6) is 3.24. The lowest BCUT2D eigenvalue weighted by Crippen LogP contribution is -2.06. The van der Waals surface area contributed by atoms with Gasteiger partial charge in [0, 0.05) is 22.3 Å². The van der Waals surface area contributed by atoms with E-state index in [4.69, 9.17) is 0 Å². The third kappa shape index (κ3) is 4.12. The summed E-state index contributed by atoms with van der Waals surface area (Å²) in [7, 11) is -0.483. The van der Waals surface area contributed by atoms with E-state index in [1.165, 1.54) is 0 Å². The summed E-state index contributed by atoms with van der Waals surface area (Å²) in [5.41, 5.74) is 0. The van der Waals surface area contributed by atoms with Crippen molar-refractivity contribution in [2.75, 3.05) is 18.1 Å². The first-order valence-corrected chi connectivity index (χ1v) is 7.20. The Morgan fingerprint density at radius 2 is 1.88 bits per heavy atom. The Kier molecular flexibility index (Phi) is 5.25. The Hall–Kier alpha value is -0.580. The van der Waals surface area contributed by atoms with Gasteiger partial charge in [-0.3, -0.25) is 4.21 Å². The third-order valence-electron chi connectivity index (χ3n) is 2.97. The molecule has 2 saturated heterocycles. The molecule has 3 unspecified atom stereocenters. The van der Waals surface area contributed by atoms with Gasteiger partial charge in [0.2, 0.25) is 0 Å². The van der Waals surface area contributed by atoms with E-state index in [1.807, 2.05) is 6.92 Å². The molecule has 0 bridgehead atoms. The van der Waals surface area contributed by atoms with Crippen LogP contribution in [-0.4, -0.2) is 34.6 Å². The Morgan fingerprint density at radius 1 is 1.31 bits per heavy atom. The first-order chi connectivity index (χ1) is 7.52. The number of cyclic esters (lactones) is 2. The maximum absolute atomic E-state index is 10.8. The van der Waals surface area contributed by atoms with Crippen LogP contribution >= 0.6 is 0 Å². The molecule has 16 heavy (non-hydrogen) atoms. The van der Waals surface area contributed by atoms with E-state index in [1.54, 1.807) is 0 Å². The average molecular weight is 248 g/mol. The minimum absolute atomic E-state index is 0.00231. The first-order valence-electron chi connectivity index (χ1n) is 5.71. The van der Waals surface area contributed by atoms with E-state index in [0.29, 0.717) is 18.4 Å². The Balaban J connectivity index is 0.000000160. The van der Waals surface area contributed by atoms with Gasteiger partial charge in [0.15, 0.2) is 0 Å². The molecule has 0 amide bonds. The largest absolute Gasteiger partial charge is 0.508 e. The minimum atomic E-state index is -0.531. The SMILES string of the molecule is CC1CS(=O)CC1C.CCC1COC(=O)O1. The van der Waals surface area contributed by atoms with Crippen LogP contribution in [0.5, 0.6) is 0 Å². The highest BCUT2D eigenvalue weighted by atomic mass is 32.2. The first kappa shape index (κ1) is 13.5. The molecule has 2 heterocycles. The van der Waals surface area contributed by atoms with Gasteiger partial charge in [0.25, 0.3) is 0 Å². The second-order valence-electron chi connectivity index (χ2n) is 4.44. The predicted molar refractivity (Wildman–Crippen MR) is 62.7 cm³/mol. The molecule has 0 radical (unpaired) electrons. The Labute approximate surface area is 99.1 Å². The van der Waals surface area contributed by atoms with E-state index in [2.05, 4.69) is 23.3 Å². The molecule has 4 nitrogen and oxygen atoms in total. The highest BCUT2D eigenvalue weighted by Gasteiger charge is 2.24. The summed E-state index contributed by atoms with van der Waals surface area (Å²) >= 11 is 0. The lowest BCUT2D eigenvalue weighted by molar-refractivity contribution is 0.117. The van der Waals surface area contributed by atoms with E-state index >= 15 is 0 Å². The summed E-state index contributed by atoms with van der Waals surface area (Å²) in [6.07, 6.45) is 0.311. The molecule has 0 spiro atoms. The number of carbonyl (C=O) groups excluding carboxylic acids is 1. The maximum Gasteiger partial charge on any atom is 0.508 e. The molecule has 2 aliphatic rings. The fourth-order valence-electron chi connectivity index (χ4n) is 1.55. The number of carbonyl (C=O) groups is 1. The molecule has 0 aromatic rings.